The van der Waals surface area contributed by atoms with Crippen LogP contribution in [0.15, 0.2) is 24.3 Å². The van der Waals surface area contributed by atoms with E-state index in [1.807, 2.05) is 0 Å². The highest BCUT2D eigenvalue weighted by Gasteiger charge is 2.24. The Morgan fingerprint density at radius 3 is 1.23 bits per heavy atom. The van der Waals surface area contributed by atoms with Gasteiger partial charge in [0.1, 0.15) is 6.10 Å². The Morgan fingerprint density at radius 2 is 0.803 bits per heavy atom. The Kier molecular flexibility index (Phi) is 48.0. The Balaban J connectivity index is 4.39. The van der Waals surface area contributed by atoms with Gasteiger partial charge in [-0.25, -0.2) is 0 Å². The second-order valence-corrected chi connectivity index (χ2v) is 18.6. The van der Waals surface area contributed by atoms with Crippen LogP contribution in [0.25, 0.3) is 0 Å². The van der Waals surface area contributed by atoms with Gasteiger partial charge in [-0.1, -0.05) is 231 Å². The van der Waals surface area contributed by atoms with Gasteiger partial charge in [0.2, 0.25) is 5.91 Å². The van der Waals surface area contributed by atoms with E-state index < -0.39 is 18.2 Å². The first-order valence-corrected chi connectivity index (χ1v) is 27.1. The summed E-state index contributed by atoms with van der Waals surface area (Å²) in [7, 11) is 0. The van der Waals surface area contributed by atoms with Crippen molar-refractivity contribution in [3.8, 4) is 0 Å². The van der Waals surface area contributed by atoms with Gasteiger partial charge in [-0.2, -0.15) is 0 Å². The number of carbonyl (C=O) groups excluding carboxylic acids is 2. The smallest absolute Gasteiger partial charge is 0.306 e. The molecule has 6 heteroatoms. The number of aliphatic hydroxyl groups excluding tert-OH is 2. The van der Waals surface area contributed by atoms with Gasteiger partial charge in [0.15, 0.2) is 0 Å². The van der Waals surface area contributed by atoms with E-state index in [0.29, 0.717) is 19.3 Å². The zero-order chi connectivity index (χ0) is 44.5. The minimum absolute atomic E-state index is 0.0697. The van der Waals surface area contributed by atoms with Crippen LogP contribution in [0.2, 0.25) is 0 Å². The Morgan fingerprint density at radius 1 is 0.459 bits per heavy atom. The number of amides is 1. The summed E-state index contributed by atoms with van der Waals surface area (Å²) >= 11 is 0. The van der Waals surface area contributed by atoms with Gasteiger partial charge in [-0.15, -0.1) is 0 Å². The minimum atomic E-state index is -0.788. The molecule has 1 amide bonds. The van der Waals surface area contributed by atoms with Crippen LogP contribution in [-0.2, 0) is 14.3 Å². The fourth-order valence-electron chi connectivity index (χ4n) is 8.35. The number of ether oxygens (including phenoxy) is 1. The number of aliphatic hydroxyl groups is 2. The molecule has 3 unspecified atom stereocenters. The van der Waals surface area contributed by atoms with Crippen LogP contribution in [0.1, 0.15) is 290 Å². The van der Waals surface area contributed by atoms with Crippen molar-refractivity contribution in [3.63, 3.8) is 0 Å². The molecule has 0 saturated carbocycles. The van der Waals surface area contributed by atoms with E-state index in [9.17, 15) is 19.8 Å². The van der Waals surface area contributed by atoms with E-state index in [0.717, 1.165) is 64.2 Å². The second kappa shape index (κ2) is 49.4. The lowest BCUT2D eigenvalue weighted by molar-refractivity contribution is -0.151. The number of nitrogens with one attached hydrogen (secondary N) is 1. The van der Waals surface area contributed by atoms with Crippen molar-refractivity contribution in [2.45, 2.75) is 309 Å². The summed E-state index contributed by atoms with van der Waals surface area (Å²) in [6, 6.07) is -0.702. The summed E-state index contributed by atoms with van der Waals surface area (Å²) in [5.41, 5.74) is 0. The maximum Gasteiger partial charge on any atom is 0.306 e. The molecule has 0 bridgehead atoms. The molecule has 0 saturated heterocycles. The summed E-state index contributed by atoms with van der Waals surface area (Å²) in [6.07, 6.45) is 56.8. The van der Waals surface area contributed by atoms with Crippen molar-refractivity contribution < 1.29 is 24.5 Å². The number of carbonyl (C=O) groups is 2. The van der Waals surface area contributed by atoms with Gasteiger partial charge in [0, 0.05) is 6.42 Å². The molecule has 0 fully saturated rings. The fraction of sp³-hybridized carbons (Fsp3) is 0.891. The van der Waals surface area contributed by atoms with Crippen molar-refractivity contribution >= 4 is 11.9 Å². The third-order valence-corrected chi connectivity index (χ3v) is 12.5. The average molecular weight is 860 g/mol. The largest absolute Gasteiger partial charge is 0.462 e. The average Bonchev–Trinajstić information content (AvgIpc) is 3.25. The summed E-state index contributed by atoms with van der Waals surface area (Å²) in [5, 5.41) is 23.8. The molecule has 0 heterocycles. The molecule has 0 spiro atoms. The maximum atomic E-state index is 13.2. The van der Waals surface area contributed by atoms with E-state index in [1.54, 1.807) is 0 Å². The molecule has 0 radical (unpaired) electrons. The molecule has 0 aliphatic rings. The molecule has 0 rings (SSSR count). The third-order valence-electron chi connectivity index (χ3n) is 12.5. The molecule has 0 aliphatic carbocycles. The number of esters is 1. The van der Waals surface area contributed by atoms with Gasteiger partial charge < -0.3 is 20.3 Å². The first-order chi connectivity index (χ1) is 30.0. The monoisotopic (exact) mass is 860 g/mol. The van der Waals surface area contributed by atoms with Crippen LogP contribution in [0, 0.1) is 0 Å². The maximum absolute atomic E-state index is 13.2. The lowest BCUT2D eigenvalue weighted by Crippen LogP contribution is -2.46. The van der Waals surface area contributed by atoms with Gasteiger partial charge in [0.05, 0.1) is 25.2 Å². The number of unbranched alkanes of at least 4 members (excludes halogenated alkanes) is 33. The normalized spacial score (nSPS) is 13.3. The molecule has 360 valence electrons. The number of hydrogen-bond donors (Lipinski definition) is 3. The molecule has 61 heavy (non-hydrogen) atoms. The summed E-state index contributed by atoms with van der Waals surface area (Å²) in [5.74, 6) is -0.482. The Hall–Kier alpha value is -1.66. The Bertz CT molecular complexity index is 966. The summed E-state index contributed by atoms with van der Waals surface area (Å²) in [4.78, 5) is 26.1. The van der Waals surface area contributed by atoms with Gasteiger partial charge in [0.25, 0.3) is 0 Å². The number of rotatable bonds is 49. The first-order valence-electron chi connectivity index (χ1n) is 27.1. The topological polar surface area (TPSA) is 95.9 Å². The van der Waals surface area contributed by atoms with Gasteiger partial charge >= 0.3 is 5.97 Å². The zero-order valence-corrected chi connectivity index (χ0v) is 41.1. The summed E-state index contributed by atoms with van der Waals surface area (Å²) < 4.78 is 5.92. The highest BCUT2D eigenvalue weighted by molar-refractivity contribution is 5.77. The van der Waals surface area contributed by atoms with Crippen LogP contribution >= 0.6 is 0 Å². The zero-order valence-electron chi connectivity index (χ0n) is 41.1. The SMILES string of the molecule is CCCC/C=C\CCCCCC(CC(=O)NC(CO)C(O)CCCCCCCCCCCCCCCC)OC(=O)CCCCCCCCCCC/C=C/CCCCCCCC. The molecule has 6 nitrogen and oxygen atoms in total. The number of hydrogen-bond acceptors (Lipinski definition) is 5. The van der Waals surface area contributed by atoms with Crippen LogP contribution in [0.5, 0.6) is 0 Å². The van der Waals surface area contributed by atoms with E-state index in [2.05, 4.69) is 50.4 Å². The predicted octanol–water partition coefficient (Wildman–Crippen LogP) is 16.3. The van der Waals surface area contributed by atoms with Crippen molar-refractivity contribution in [2.75, 3.05) is 6.61 Å². The molecular weight excluding hydrogens is 755 g/mol. The van der Waals surface area contributed by atoms with Gasteiger partial charge in [-0.05, 0) is 70.6 Å². The van der Waals surface area contributed by atoms with Crippen molar-refractivity contribution in [2.24, 2.45) is 0 Å². The quantitative estimate of drug-likeness (QED) is 0.0322. The molecule has 0 aromatic rings. The van der Waals surface area contributed by atoms with Crippen LogP contribution in [0.4, 0.5) is 0 Å². The Labute approximate surface area is 380 Å². The molecule has 0 aliphatic heterocycles. The fourth-order valence-corrected chi connectivity index (χ4v) is 8.35. The third kappa shape index (κ3) is 44.7. The van der Waals surface area contributed by atoms with E-state index in [4.69, 9.17) is 4.74 Å². The van der Waals surface area contributed by atoms with E-state index in [1.165, 1.54) is 180 Å². The highest BCUT2D eigenvalue weighted by atomic mass is 16.5. The number of allylic oxidation sites excluding steroid dienone is 4. The van der Waals surface area contributed by atoms with Crippen LogP contribution in [0.3, 0.4) is 0 Å². The van der Waals surface area contributed by atoms with Crippen molar-refractivity contribution in [1.82, 2.24) is 5.32 Å². The second-order valence-electron chi connectivity index (χ2n) is 18.6. The molecule has 0 aromatic heterocycles. The highest BCUT2D eigenvalue weighted by Crippen LogP contribution is 2.18. The minimum Gasteiger partial charge on any atom is -0.462 e. The van der Waals surface area contributed by atoms with E-state index in [-0.39, 0.29) is 24.9 Å². The molecule has 3 atom stereocenters. The molecule has 0 aromatic carbocycles. The van der Waals surface area contributed by atoms with Crippen LogP contribution in [-0.4, -0.2) is 46.9 Å². The van der Waals surface area contributed by atoms with Gasteiger partial charge in [-0.3, -0.25) is 9.59 Å². The molecular formula is C55H105NO5. The summed E-state index contributed by atoms with van der Waals surface area (Å²) in [6.45, 7) is 6.45. The lowest BCUT2D eigenvalue weighted by Gasteiger charge is -2.24. The molecule has 3 N–H and O–H groups in total. The lowest BCUT2D eigenvalue weighted by atomic mass is 10.0. The predicted molar refractivity (Wildman–Crippen MR) is 264 cm³/mol. The van der Waals surface area contributed by atoms with Crippen molar-refractivity contribution in [1.29, 1.82) is 0 Å². The first kappa shape index (κ1) is 59.3. The van der Waals surface area contributed by atoms with E-state index >= 15 is 0 Å². The standard InChI is InChI=1S/C55H105NO5/c1-4-7-10-13-16-19-21-23-25-26-27-28-29-31-33-36-39-42-45-48-55(60)61-51(46-43-40-37-34-18-15-12-9-6-3)49-54(59)56-52(50-57)53(58)47-44-41-38-35-32-30-24-22-20-17-14-11-8-5-2/h15,18,23,25,51-53,57-58H,4-14,16-17,19-22,24,26-50H2,1-3H3,(H,56,59)/b18-15-,25-23+. The van der Waals surface area contributed by atoms with Crippen molar-refractivity contribution in [3.05, 3.63) is 24.3 Å². The van der Waals surface area contributed by atoms with Crippen LogP contribution < -0.4 is 5.32 Å².